The fraction of sp³-hybridized carbons (Fsp3) is 0.273. The van der Waals surface area contributed by atoms with Gasteiger partial charge in [0, 0.05) is 18.0 Å². The van der Waals surface area contributed by atoms with Gasteiger partial charge in [-0.05, 0) is 48.7 Å². The van der Waals surface area contributed by atoms with E-state index in [4.69, 9.17) is 8.83 Å². The van der Waals surface area contributed by atoms with E-state index in [1.165, 1.54) is 0 Å². The molecule has 0 aliphatic carbocycles. The van der Waals surface area contributed by atoms with Crippen LogP contribution in [0.1, 0.15) is 29.9 Å². The second kappa shape index (κ2) is 8.17. The number of rotatable bonds is 7. The summed E-state index contributed by atoms with van der Waals surface area (Å²) in [5.74, 6) is 1.18. The third-order valence-electron chi connectivity index (χ3n) is 5.03. The molecule has 1 aromatic carbocycles. The van der Waals surface area contributed by atoms with Crippen molar-refractivity contribution in [1.82, 2.24) is 4.90 Å². The normalized spacial score (nSPS) is 15.7. The van der Waals surface area contributed by atoms with Crippen molar-refractivity contribution in [2.75, 3.05) is 5.32 Å². The van der Waals surface area contributed by atoms with E-state index in [-0.39, 0.29) is 17.7 Å². The van der Waals surface area contributed by atoms with Crippen molar-refractivity contribution < 1.29 is 18.4 Å². The average molecular weight is 378 g/mol. The van der Waals surface area contributed by atoms with Gasteiger partial charge in [-0.1, -0.05) is 18.2 Å². The van der Waals surface area contributed by atoms with Crippen LogP contribution in [0.5, 0.6) is 0 Å². The fourth-order valence-electron chi connectivity index (χ4n) is 3.52. The fourth-order valence-corrected chi connectivity index (χ4v) is 3.52. The second-order valence-electron chi connectivity index (χ2n) is 6.99. The van der Waals surface area contributed by atoms with Crippen LogP contribution in [-0.2, 0) is 29.1 Å². The maximum Gasteiger partial charge on any atom is 0.227 e. The molecule has 1 atom stereocenters. The Morgan fingerprint density at radius 2 is 1.68 bits per heavy atom. The van der Waals surface area contributed by atoms with Gasteiger partial charge in [-0.3, -0.25) is 9.59 Å². The first-order valence-electron chi connectivity index (χ1n) is 9.40. The molecular weight excluding hydrogens is 356 g/mol. The van der Waals surface area contributed by atoms with E-state index in [1.54, 1.807) is 29.6 Å². The molecule has 6 heteroatoms. The van der Waals surface area contributed by atoms with Crippen molar-refractivity contribution in [2.24, 2.45) is 5.92 Å². The van der Waals surface area contributed by atoms with Gasteiger partial charge in [0.15, 0.2) is 0 Å². The van der Waals surface area contributed by atoms with Gasteiger partial charge < -0.3 is 19.1 Å². The van der Waals surface area contributed by atoms with E-state index < -0.39 is 0 Å². The Morgan fingerprint density at radius 1 is 1.00 bits per heavy atom. The van der Waals surface area contributed by atoms with Gasteiger partial charge in [-0.25, -0.2) is 0 Å². The number of hydrogen-bond donors (Lipinski definition) is 1. The molecule has 28 heavy (non-hydrogen) atoms. The van der Waals surface area contributed by atoms with Gasteiger partial charge in [0.1, 0.15) is 11.5 Å². The number of amides is 2. The summed E-state index contributed by atoms with van der Waals surface area (Å²) >= 11 is 0. The number of para-hydroxylation sites is 1. The van der Waals surface area contributed by atoms with Crippen molar-refractivity contribution >= 4 is 17.5 Å². The molecule has 3 heterocycles. The van der Waals surface area contributed by atoms with Crippen LogP contribution in [0.25, 0.3) is 0 Å². The van der Waals surface area contributed by atoms with Crippen LogP contribution >= 0.6 is 0 Å². The largest absolute Gasteiger partial charge is 0.467 e. The zero-order chi connectivity index (χ0) is 19.3. The van der Waals surface area contributed by atoms with Crippen molar-refractivity contribution in [2.45, 2.75) is 32.4 Å². The van der Waals surface area contributed by atoms with Gasteiger partial charge in [0.05, 0.1) is 25.6 Å². The summed E-state index contributed by atoms with van der Waals surface area (Å²) in [6.07, 6.45) is 4.64. The molecule has 0 saturated carbocycles. The van der Waals surface area contributed by atoms with Crippen LogP contribution in [0.4, 0.5) is 5.69 Å². The van der Waals surface area contributed by atoms with Crippen LogP contribution in [0.2, 0.25) is 0 Å². The van der Waals surface area contributed by atoms with Gasteiger partial charge in [-0.15, -0.1) is 0 Å². The molecule has 1 N–H and O–H groups in total. The summed E-state index contributed by atoms with van der Waals surface area (Å²) < 4.78 is 10.8. The smallest absolute Gasteiger partial charge is 0.227 e. The number of carbonyl (C=O) groups excluding carboxylic acids is 2. The lowest BCUT2D eigenvalue weighted by molar-refractivity contribution is -0.133. The summed E-state index contributed by atoms with van der Waals surface area (Å²) in [5, 5.41) is 2.94. The predicted octanol–water partition coefficient (Wildman–Crippen LogP) is 3.99. The SMILES string of the molecule is O=C1Nc2ccccc2CC1CCC(=O)N(Cc1ccco1)Cc1ccco1. The van der Waals surface area contributed by atoms with Gasteiger partial charge >= 0.3 is 0 Å². The topological polar surface area (TPSA) is 75.7 Å². The third kappa shape index (κ3) is 4.17. The number of fused-ring (bicyclic) bond motifs is 1. The maximum absolute atomic E-state index is 12.9. The van der Waals surface area contributed by atoms with Crippen molar-refractivity contribution in [3.05, 3.63) is 78.1 Å². The van der Waals surface area contributed by atoms with Crippen molar-refractivity contribution in [1.29, 1.82) is 0 Å². The van der Waals surface area contributed by atoms with E-state index >= 15 is 0 Å². The third-order valence-corrected chi connectivity index (χ3v) is 5.03. The zero-order valence-corrected chi connectivity index (χ0v) is 15.5. The first kappa shape index (κ1) is 18.1. The molecule has 0 saturated heterocycles. The lowest BCUT2D eigenvalue weighted by atomic mass is 9.89. The highest BCUT2D eigenvalue weighted by Crippen LogP contribution is 2.28. The average Bonchev–Trinajstić information content (AvgIpc) is 3.40. The van der Waals surface area contributed by atoms with E-state index in [0.717, 1.165) is 11.3 Å². The molecule has 2 aromatic heterocycles. The lowest BCUT2D eigenvalue weighted by Gasteiger charge is -2.26. The molecule has 3 aromatic rings. The molecular formula is C22H22N2O4. The number of benzene rings is 1. The highest BCUT2D eigenvalue weighted by molar-refractivity contribution is 5.96. The summed E-state index contributed by atoms with van der Waals surface area (Å²) in [7, 11) is 0. The standard InChI is InChI=1S/C22H22N2O4/c25-21(10-9-17-13-16-5-1-2-8-20(16)23-22(17)26)24(14-18-6-3-11-27-18)15-19-7-4-12-28-19/h1-8,11-12,17H,9-10,13-15H2,(H,23,26). The molecule has 1 unspecified atom stereocenters. The minimum atomic E-state index is -0.201. The highest BCUT2D eigenvalue weighted by Gasteiger charge is 2.27. The predicted molar refractivity (Wildman–Crippen MR) is 103 cm³/mol. The van der Waals surface area contributed by atoms with E-state index in [1.807, 2.05) is 36.4 Å². The number of anilines is 1. The van der Waals surface area contributed by atoms with Crippen molar-refractivity contribution in [3.63, 3.8) is 0 Å². The molecule has 1 aliphatic rings. The number of nitrogens with one attached hydrogen (secondary N) is 1. The quantitative estimate of drug-likeness (QED) is 0.674. The molecule has 0 radical (unpaired) electrons. The molecule has 144 valence electrons. The summed E-state index contributed by atoms with van der Waals surface area (Å²) in [4.78, 5) is 27.0. The Hall–Kier alpha value is -3.28. The number of carbonyl (C=O) groups is 2. The Balaban J connectivity index is 1.40. The Kier molecular flexibility index (Phi) is 5.28. The van der Waals surface area contributed by atoms with Crippen LogP contribution in [0.15, 0.2) is 69.9 Å². The van der Waals surface area contributed by atoms with Gasteiger partial charge in [0.25, 0.3) is 0 Å². The van der Waals surface area contributed by atoms with Crippen LogP contribution in [-0.4, -0.2) is 16.7 Å². The molecule has 1 aliphatic heterocycles. The summed E-state index contributed by atoms with van der Waals surface area (Å²) in [5.41, 5.74) is 1.98. The zero-order valence-electron chi connectivity index (χ0n) is 15.5. The molecule has 2 amide bonds. The Morgan fingerprint density at radius 3 is 2.32 bits per heavy atom. The van der Waals surface area contributed by atoms with E-state index in [9.17, 15) is 9.59 Å². The highest BCUT2D eigenvalue weighted by atomic mass is 16.3. The summed E-state index contributed by atoms with van der Waals surface area (Å²) in [6, 6.07) is 15.1. The lowest BCUT2D eigenvalue weighted by Crippen LogP contribution is -2.33. The minimum Gasteiger partial charge on any atom is -0.467 e. The van der Waals surface area contributed by atoms with Gasteiger partial charge in [-0.2, -0.15) is 0 Å². The van der Waals surface area contributed by atoms with Crippen LogP contribution in [0, 0.1) is 5.92 Å². The number of nitrogens with zero attached hydrogens (tertiary/aromatic N) is 1. The monoisotopic (exact) mass is 378 g/mol. The minimum absolute atomic E-state index is 0.0184. The maximum atomic E-state index is 12.9. The van der Waals surface area contributed by atoms with E-state index in [0.29, 0.717) is 43.9 Å². The Bertz CT molecular complexity index is 895. The number of furan rings is 2. The molecule has 0 fully saturated rings. The number of hydrogen-bond acceptors (Lipinski definition) is 4. The van der Waals surface area contributed by atoms with Crippen molar-refractivity contribution in [3.8, 4) is 0 Å². The molecule has 6 nitrogen and oxygen atoms in total. The first-order valence-corrected chi connectivity index (χ1v) is 9.40. The summed E-state index contributed by atoms with van der Waals surface area (Å²) in [6.45, 7) is 0.735. The first-order chi connectivity index (χ1) is 13.7. The molecule has 4 rings (SSSR count). The second-order valence-corrected chi connectivity index (χ2v) is 6.99. The molecule has 0 spiro atoms. The van der Waals surface area contributed by atoms with Crippen LogP contribution in [0.3, 0.4) is 0 Å². The Labute approximate surface area is 163 Å². The van der Waals surface area contributed by atoms with Crippen LogP contribution < -0.4 is 5.32 Å². The van der Waals surface area contributed by atoms with Gasteiger partial charge in [0.2, 0.25) is 11.8 Å². The molecule has 0 bridgehead atoms. The van der Waals surface area contributed by atoms with E-state index in [2.05, 4.69) is 5.32 Å².